The van der Waals surface area contributed by atoms with Crippen LogP contribution in [-0.4, -0.2) is 19.0 Å². The Balaban J connectivity index is 0.00000256. The van der Waals surface area contributed by atoms with Crippen LogP contribution in [0.5, 0.6) is 0 Å². The van der Waals surface area contributed by atoms with Gasteiger partial charge in [-0.1, -0.05) is 18.2 Å². The van der Waals surface area contributed by atoms with E-state index in [1.807, 2.05) is 0 Å². The fraction of sp³-hybridized carbons (Fsp3) is 0.417. The number of hydrogen-bond acceptors (Lipinski definition) is 2. The summed E-state index contributed by atoms with van der Waals surface area (Å²) < 4.78 is 13.2. The number of rotatable bonds is 6. The van der Waals surface area contributed by atoms with Crippen molar-refractivity contribution in [2.75, 3.05) is 13.1 Å². The molecule has 1 aromatic carbocycles. The third kappa shape index (κ3) is 6.24. The highest BCUT2D eigenvalue weighted by Gasteiger charge is 2.02. The summed E-state index contributed by atoms with van der Waals surface area (Å²) in [5, 5.41) is 2.73. The molecule has 0 spiro atoms. The number of carbonyl (C=O) groups is 1. The molecule has 0 saturated carbocycles. The topological polar surface area (TPSA) is 55.1 Å². The van der Waals surface area contributed by atoms with Crippen LogP contribution in [0, 0.1) is 5.82 Å². The normalized spacial score (nSPS) is 9.53. The highest BCUT2D eigenvalue weighted by Crippen LogP contribution is 2.06. The highest BCUT2D eigenvalue weighted by atomic mass is 35.5. The van der Waals surface area contributed by atoms with Crippen LogP contribution < -0.4 is 11.1 Å². The fourth-order valence-electron chi connectivity index (χ4n) is 1.39. The van der Waals surface area contributed by atoms with E-state index in [4.69, 9.17) is 5.73 Å². The summed E-state index contributed by atoms with van der Waals surface area (Å²) in [4.78, 5) is 11.2. The summed E-state index contributed by atoms with van der Waals surface area (Å²) in [6.07, 6.45) is 1.64. The van der Waals surface area contributed by atoms with E-state index in [1.54, 1.807) is 18.2 Å². The van der Waals surface area contributed by atoms with Gasteiger partial charge in [0.15, 0.2) is 0 Å². The maximum Gasteiger partial charge on any atom is 0.220 e. The average Bonchev–Trinajstić information content (AvgIpc) is 2.29. The predicted octanol–water partition coefficient (Wildman–Crippen LogP) is 1.65. The zero-order chi connectivity index (χ0) is 11.8. The zero-order valence-corrected chi connectivity index (χ0v) is 10.4. The Kier molecular flexibility index (Phi) is 8.36. The van der Waals surface area contributed by atoms with Crippen LogP contribution in [0.1, 0.15) is 18.4 Å². The SMILES string of the molecule is Cl.NCCCC(=O)NCCc1ccccc1F. The molecule has 1 amide bonds. The molecule has 17 heavy (non-hydrogen) atoms. The van der Waals surface area contributed by atoms with Gasteiger partial charge in [-0.05, 0) is 31.0 Å². The summed E-state index contributed by atoms with van der Waals surface area (Å²) in [7, 11) is 0. The van der Waals surface area contributed by atoms with Gasteiger partial charge in [0.1, 0.15) is 5.82 Å². The first-order valence-electron chi connectivity index (χ1n) is 5.44. The Hall–Kier alpha value is -1.13. The second kappa shape index (κ2) is 8.96. The first kappa shape index (κ1) is 15.9. The lowest BCUT2D eigenvalue weighted by Crippen LogP contribution is -2.26. The molecule has 0 atom stereocenters. The van der Waals surface area contributed by atoms with Crippen molar-refractivity contribution in [1.82, 2.24) is 5.32 Å². The second-order valence-corrected chi connectivity index (χ2v) is 3.58. The van der Waals surface area contributed by atoms with E-state index >= 15 is 0 Å². The number of carbonyl (C=O) groups excluding carboxylic acids is 1. The van der Waals surface area contributed by atoms with Crippen LogP contribution in [0.2, 0.25) is 0 Å². The lowest BCUT2D eigenvalue weighted by atomic mass is 10.1. The summed E-state index contributed by atoms with van der Waals surface area (Å²) in [6, 6.07) is 6.58. The predicted molar refractivity (Wildman–Crippen MR) is 68.7 cm³/mol. The second-order valence-electron chi connectivity index (χ2n) is 3.58. The first-order chi connectivity index (χ1) is 7.74. The molecule has 96 valence electrons. The Morgan fingerprint density at radius 2 is 2.06 bits per heavy atom. The molecular formula is C12H18ClFN2O. The molecule has 0 bridgehead atoms. The monoisotopic (exact) mass is 260 g/mol. The lowest BCUT2D eigenvalue weighted by molar-refractivity contribution is -0.121. The number of nitrogens with one attached hydrogen (secondary N) is 1. The van der Waals surface area contributed by atoms with Gasteiger partial charge in [0.05, 0.1) is 0 Å². The van der Waals surface area contributed by atoms with Crippen molar-refractivity contribution < 1.29 is 9.18 Å². The number of nitrogens with two attached hydrogens (primary N) is 1. The minimum Gasteiger partial charge on any atom is -0.356 e. The van der Waals surface area contributed by atoms with Crippen LogP contribution in [0.15, 0.2) is 24.3 Å². The third-order valence-electron chi connectivity index (χ3n) is 2.28. The van der Waals surface area contributed by atoms with Gasteiger partial charge in [0, 0.05) is 13.0 Å². The number of halogens is 2. The molecule has 0 unspecified atom stereocenters. The molecule has 0 aromatic heterocycles. The first-order valence-corrected chi connectivity index (χ1v) is 5.44. The van der Waals surface area contributed by atoms with E-state index in [0.717, 1.165) is 0 Å². The molecular weight excluding hydrogens is 243 g/mol. The third-order valence-corrected chi connectivity index (χ3v) is 2.28. The van der Waals surface area contributed by atoms with Crippen LogP contribution in [0.25, 0.3) is 0 Å². The number of hydrogen-bond donors (Lipinski definition) is 2. The van der Waals surface area contributed by atoms with Crippen LogP contribution in [-0.2, 0) is 11.2 Å². The largest absolute Gasteiger partial charge is 0.356 e. The summed E-state index contributed by atoms with van der Waals surface area (Å²) in [5.74, 6) is -0.250. The van der Waals surface area contributed by atoms with Crippen LogP contribution in [0.4, 0.5) is 4.39 Å². The van der Waals surface area contributed by atoms with E-state index < -0.39 is 0 Å². The number of amides is 1. The molecule has 1 rings (SSSR count). The van der Waals surface area contributed by atoms with E-state index in [-0.39, 0.29) is 24.1 Å². The van der Waals surface area contributed by atoms with Crippen molar-refractivity contribution in [3.63, 3.8) is 0 Å². The zero-order valence-electron chi connectivity index (χ0n) is 9.62. The summed E-state index contributed by atoms with van der Waals surface area (Å²) in [5.41, 5.74) is 5.91. The molecule has 3 nitrogen and oxygen atoms in total. The van der Waals surface area contributed by atoms with Crippen LogP contribution in [0.3, 0.4) is 0 Å². The minimum atomic E-state index is -0.223. The molecule has 0 aliphatic heterocycles. The fourth-order valence-corrected chi connectivity index (χ4v) is 1.39. The lowest BCUT2D eigenvalue weighted by Gasteiger charge is -2.05. The van der Waals surface area contributed by atoms with E-state index in [9.17, 15) is 9.18 Å². The molecule has 0 saturated heterocycles. The van der Waals surface area contributed by atoms with E-state index in [2.05, 4.69) is 5.32 Å². The average molecular weight is 261 g/mol. The Bertz CT molecular complexity index is 347. The van der Waals surface area contributed by atoms with E-state index in [0.29, 0.717) is 37.9 Å². The Morgan fingerprint density at radius 3 is 2.71 bits per heavy atom. The molecule has 0 radical (unpaired) electrons. The van der Waals surface area contributed by atoms with E-state index in [1.165, 1.54) is 6.07 Å². The summed E-state index contributed by atoms with van der Waals surface area (Å²) in [6.45, 7) is 0.977. The quantitative estimate of drug-likeness (QED) is 0.817. The minimum absolute atomic E-state index is 0. The van der Waals surface area contributed by atoms with Gasteiger partial charge in [-0.2, -0.15) is 0 Å². The van der Waals surface area contributed by atoms with Gasteiger partial charge >= 0.3 is 0 Å². The maximum absolute atomic E-state index is 13.2. The van der Waals surface area contributed by atoms with Gasteiger partial charge in [-0.3, -0.25) is 4.79 Å². The van der Waals surface area contributed by atoms with Crippen molar-refractivity contribution in [2.45, 2.75) is 19.3 Å². The van der Waals surface area contributed by atoms with Gasteiger partial charge in [-0.15, -0.1) is 12.4 Å². The Morgan fingerprint density at radius 1 is 1.35 bits per heavy atom. The molecule has 3 N–H and O–H groups in total. The van der Waals surface area contributed by atoms with Gasteiger partial charge in [0.25, 0.3) is 0 Å². The molecule has 5 heteroatoms. The molecule has 0 aliphatic carbocycles. The Labute approximate surface area is 107 Å². The van der Waals surface area contributed by atoms with Crippen molar-refractivity contribution in [1.29, 1.82) is 0 Å². The summed E-state index contributed by atoms with van der Waals surface area (Å²) >= 11 is 0. The highest BCUT2D eigenvalue weighted by molar-refractivity contribution is 5.85. The number of benzene rings is 1. The molecule has 1 aromatic rings. The van der Waals surface area contributed by atoms with Gasteiger partial charge < -0.3 is 11.1 Å². The van der Waals surface area contributed by atoms with Gasteiger partial charge in [0.2, 0.25) is 5.91 Å². The maximum atomic E-state index is 13.2. The standard InChI is InChI=1S/C12H17FN2O.ClH/c13-11-5-2-1-4-10(11)7-9-15-12(16)6-3-8-14;/h1-2,4-5H,3,6-9,14H2,(H,15,16);1H. The van der Waals surface area contributed by atoms with Gasteiger partial charge in [-0.25, -0.2) is 4.39 Å². The van der Waals surface area contributed by atoms with Crippen molar-refractivity contribution in [3.8, 4) is 0 Å². The smallest absolute Gasteiger partial charge is 0.220 e. The molecule has 0 heterocycles. The van der Waals surface area contributed by atoms with Crippen molar-refractivity contribution in [2.24, 2.45) is 5.73 Å². The molecule has 0 aliphatic rings. The molecule has 0 fully saturated rings. The van der Waals surface area contributed by atoms with Crippen molar-refractivity contribution >= 4 is 18.3 Å². The van der Waals surface area contributed by atoms with Crippen LogP contribution >= 0.6 is 12.4 Å². The van der Waals surface area contributed by atoms with Crippen molar-refractivity contribution in [3.05, 3.63) is 35.6 Å².